The summed E-state index contributed by atoms with van der Waals surface area (Å²) >= 11 is 5.98. The van der Waals surface area contributed by atoms with Gasteiger partial charge in [0.25, 0.3) is 5.91 Å². The van der Waals surface area contributed by atoms with Crippen LogP contribution in [0.25, 0.3) is 0 Å². The molecule has 1 atom stereocenters. The van der Waals surface area contributed by atoms with Crippen LogP contribution in [0.5, 0.6) is 0 Å². The fourth-order valence-corrected chi connectivity index (χ4v) is 2.55. The van der Waals surface area contributed by atoms with Gasteiger partial charge in [0, 0.05) is 23.7 Å². The Kier molecular flexibility index (Phi) is 4.25. The van der Waals surface area contributed by atoms with Gasteiger partial charge >= 0.3 is 0 Å². The SMILES string of the molecule is CNC[C@@H]1CCN(C(=O)c2ccc(Cl)c(C)c2)C1. The summed E-state index contributed by atoms with van der Waals surface area (Å²) in [6.07, 6.45) is 1.08. The molecule has 1 aromatic rings. The van der Waals surface area contributed by atoms with E-state index in [2.05, 4.69) is 5.32 Å². The molecule has 1 heterocycles. The van der Waals surface area contributed by atoms with Crippen molar-refractivity contribution in [3.05, 3.63) is 34.3 Å². The molecular formula is C14H19ClN2O. The molecule has 0 spiro atoms. The first-order valence-corrected chi connectivity index (χ1v) is 6.69. The molecule has 1 N–H and O–H groups in total. The van der Waals surface area contributed by atoms with Gasteiger partial charge in [-0.3, -0.25) is 4.79 Å². The Morgan fingerprint density at radius 3 is 3.00 bits per heavy atom. The molecule has 2 rings (SSSR count). The molecule has 0 bridgehead atoms. The number of carbonyl (C=O) groups is 1. The van der Waals surface area contributed by atoms with Crippen LogP contribution in [-0.4, -0.2) is 37.5 Å². The Morgan fingerprint density at radius 1 is 1.56 bits per heavy atom. The average Bonchev–Trinajstić information content (AvgIpc) is 2.81. The third kappa shape index (κ3) is 2.85. The van der Waals surface area contributed by atoms with Gasteiger partial charge in [0.1, 0.15) is 0 Å². The second-order valence-corrected chi connectivity index (χ2v) is 5.33. The zero-order chi connectivity index (χ0) is 13.1. The summed E-state index contributed by atoms with van der Waals surface area (Å²) < 4.78 is 0. The van der Waals surface area contributed by atoms with Crippen molar-refractivity contribution in [2.24, 2.45) is 5.92 Å². The van der Waals surface area contributed by atoms with Crippen molar-refractivity contribution >= 4 is 17.5 Å². The van der Waals surface area contributed by atoms with E-state index in [0.717, 1.165) is 37.2 Å². The molecule has 0 radical (unpaired) electrons. The third-order valence-electron chi connectivity index (χ3n) is 3.47. The van der Waals surface area contributed by atoms with E-state index < -0.39 is 0 Å². The Labute approximate surface area is 113 Å². The van der Waals surface area contributed by atoms with Crippen LogP contribution in [-0.2, 0) is 0 Å². The van der Waals surface area contributed by atoms with Crippen LogP contribution >= 0.6 is 11.6 Å². The third-order valence-corrected chi connectivity index (χ3v) is 3.89. The Bertz CT molecular complexity index is 447. The molecule has 1 amide bonds. The van der Waals surface area contributed by atoms with Gasteiger partial charge in [0.15, 0.2) is 0 Å². The van der Waals surface area contributed by atoms with Crippen molar-refractivity contribution in [1.82, 2.24) is 10.2 Å². The van der Waals surface area contributed by atoms with E-state index >= 15 is 0 Å². The predicted molar refractivity (Wildman–Crippen MR) is 74.1 cm³/mol. The van der Waals surface area contributed by atoms with E-state index in [9.17, 15) is 4.79 Å². The minimum atomic E-state index is 0.119. The topological polar surface area (TPSA) is 32.3 Å². The molecule has 0 aliphatic carbocycles. The molecule has 4 heteroatoms. The second kappa shape index (κ2) is 5.72. The van der Waals surface area contributed by atoms with Crippen LogP contribution in [0, 0.1) is 12.8 Å². The lowest BCUT2D eigenvalue weighted by molar-refractivity contribution is 0.0787. The van der Waals surface area contributed by atoms with Gasteiger partial charge in [-0.25, -0.2) is 0 Å². The van der Waals surface area contributed by atoms with Gasteiger partial charge in [0.2, 0.25) is 0 Å². The van der Waals surface area contributed by atoms with Crippen molar-refractivity contribution in [2.75, 3.05) is 26.7 Å². The highest BCUT2D eigenvalue weighted by Gasteiger charge is 2.26. The van der Waals surface area contributed by atoms with Crippen molar-refractivity contribution in [1.29, 1.82) is 0 Å². The zero-order valence-corrected chi connectivity index (χ0v) is 11.6. The zero-order valence-electron chi connectivity index (χ0n) is 10.9. The van der Waals surface area contributed by atoms with Gasteiger partial charge in [0.05, 0.1) is 0 Å². The molecule has 0 saturated carbocycles. The fourth-order valence-electron chi connectivity index (χ4n) is 2.43. The Hall–Kier alpha value is -1.06. The predicted octanol–water partition coefficient (Wildman–Crippen LogP) is 2.33. The molecule has 18 heavy (non-hydrogen) atoms. The first-order chi connectivity index (χ1) is 8.61. The molecule has 3 nitrogen and oxygen atoms in total. The molecule has 1 fully saturated rings. The van der Waals surface area contributed by atoms with E-state index in [4.69, 9.17) is 11.6 Å². The summed E-state index contributed by atoms with van der Waals surface area (Å²) in [5, 5.41) is 3.88. The smallest absolute Gasteiger partial charge is 0.253 e. The maximum Gasteiger partial charge on any atom is 0.253 e. The van der Waals surface area contributed by atoms with Gasteiger partial charge in [-0.1, -0.05) is 11.6 Å². The molecule has 1 aromatic carbocycles. The highest BCUT2D eigenvalue weighted by Crippen LogP contribution is 2.21. The Morgan fingerprint density at radius 2 is 2.33 bits per heavy atom. The van der Waals surface area contributed by atoms with Crippen molar-refractivity contribution in [2.45, 2.75) is 13.3 Å². The standard InChI is InChI=1S/C14H19ClN2O/c1-10-7-12(3-4-13(10)15)14(18)17-6-5-11(9-17)8-16-2/h3-4,7,11,16H,5-6,8-9H2,1-2H3/t11-/m0/s1. The summed E-state index contributed by atoms with van der Waals surface area (Å²) in [6, 6.07) is 5.48. The van der Waals surface area contributed by atoms with E-state index in [1.165, 1.54) is 0 Å². The first kappa shape index (κ1) is 13.4. The molecule has 1 saturated heterocycles. The number of nitrogens with one attached hydrogen (secondary N) is 1. The summed E-state index contributed by atoms with van der Waals surface area (Å²) in [4.78, 5) is 14.3. The lowest BCUT2D eigenvalue weighted by Gasteiger charge is -2.17. The van der Waals surface area contributed by atoms with Crippen molar-refractivity contribution < 1.29 is 4.79 Å². The molecule has 1 aliphatic heterocycles. The maximum absolute atomic E-state index is 12.3. The highest BCUT2D eigenvalue weighted by molar-refractivity contribution is 6.31. The molecule has 1 aliphatic rings. The van der Waals surface area contributed by atoms with E-state index in [-0.39, 0.29) is 5.91 Å². The monoisotopic (exact) mass is 266 g/mol. The lowest BCUT2D eigenvalue weighted by atomic mass is 10.1. The van der Waals surface area contributed by atoms with E-state index in [1.54, 1.807) is 6.07 Å². The van der Waals surface area contributed by atoms with Gasteiger partial charge in [-0.2, -0.15) is 0 Å². The molecular weight excluding hydrogens is 248 g/mol. The largest absolute Gasteiger partial charge is 0.338 e. The summed E-state index contributed by atoms with van der Waals surface area (Å²) in [6.45, 7) is 4.60. The molecule has 0 unspecified atom stereocenters. The first-order valence-electron chi connectivity index (χ1n) is 6.32. The van der Waals surface area contributed by atoms with Crippen molar-refractivity contribution in [3.8, 4) is 0 Å². The molecule has 98 valence electrons. The number of aryl methyl sites for hydroxylation is 1. The number of halogens is 1. The van der Waals surface area contributed by atoms with Gasteiger partial charge in [-0.15, -0.1) is 0 Å². The maximum atomic E-state index is 12.3. The van der Waals surface area contributed by atoms with Gasteiger partial charge < -0.3 is 10.2 Å². The van der Waals surface area contributed by atoms with Gasteiger partial charge in [-0.05, 0) is 56.6 Å². The van der Waals surface area contributed by atoms with Crippen LogP contribution in [0.3, 0.4) is 0 Å². The molecule has 0 aromatic heterocycles. The lowest BCUT2D eigenvalue weighted by Crippen LogP contribution is -2.30. The van der Waals surface area contributed by atoms with Crippen molar-refractivity contribution in [3.63, 3.8) is 0 Å². The number of benzene rings is 1. The van der Waals surface area contributed by atoms with Crippen LogP contribution in [0.2, 0.25) is 5.02 Å². The highest BCUT2D eigenvalue weighted by atomic mass is 35.5. The van der Waals surface area contributed by atoms with Crippen LogP contribution in [0.1, 0.15) is 22.3 Å². The van der Waals surface area contributed by atoms with Crippen LogP contribution in [0.4, 0.5) is 0 Å². The summed E-state index contributed by atoms with van der Waals surface area (Å²) in [5.74, 6) is 0.695. The normalized spacial score (nSPS) is 19.3. The second-order valence-electron chi connectivity index (χ2n) is 4.93. The van der Waals surface area contributed by atoms with E-state index in [1.807, 2.05) is 31.0 Å². The number of amides is 1. The fraction of sp³-hybridized carbons (Fsp3) is 0.500. The van der Waals surface area contributed by atoms with Crippen LogP contribution in [0.15, 0.2) is 18.2 Å². The Balaban J connectivity index is 2.05. The number of hydrogen-bond donors (Lipinski definition) is 1. The van der Waals surface area contributed by atoms with Crippen LogP contribution < -0.4 is 5.32 Å². The summed E-state index contributed by atoms with van der Waals surface area (Å²) in [7, 11) is 1.95. The number of hydrogen-bond acceptors (Lipinski definition) is 2. The number of nitrogens with zero attached hydrogens (tertiary/aromatic N) is 1. The van der Waals surface area contributed by atoms with E-state index in [0.29, 0.717) is 10.9 Å². The summed E-state index contributed by atoms with van der Waals surface area (Å²) in [5.41, 5.74) is 1.69. The minimum absolute atomic E-state index is 0.119. The average molecular weight is 267 g/mol. The quantitative estimate of drug-likeness (QED) is 0.911. The minimum Gasteiger partial charge on any atom is -0.338 e. The number of rotatable bonds is 3. The number of likely N-dealkylation sites (tertiary alicyclic amines) is 1. The number of carbonyl (C=O) groups excluding carboxylic acids is 1.